The van der Waals surface area contributed by atoms with Crippen LogP contribution >= 0.6 is 24.0 Å². The first-order valence-corrected chi connectivity index (χ1v) is 10.7. The lowest BCUT2D eigenvalue weighted by Gasteiger charge is -2.20. The van der Waals surface area contributed by atoms with Gasteiger partial charge >= 0.3 is 0 Å². The van der Waals surface area contributed by atoms with Gasteiger partial charge in [-0.2, -0.15) is 0 Å². The Morgan fingerprint density at radius 1 is 1.21 bits per heavy atom. The normalized spacial score (nSPS) is 14.8. The van der Waals surface area contributed by atoms with Crippen molar-refractivity contribution in [2.75, 3.05) is 32.8 Å². The molecule has 2 rings (SSSR count). The van der Waals surface area contributed by atoms with Crippen LogP contribution in [-0.2, 0) is 11.3 Å². The molecule has 1 aromatic rings. The molecule has 7 heteroatoms. The third-order valence-electron chi connectivity index (χ3n) is 4.84. The summed E-state index contributed by atoms with van der Waals surface area (Å²) in [6.45, 7) is 10.7. The summed E-state index contributed by atoms with van der Waals surface area (Å²) < 4.78 is 5.75. The van der Waals surface area contributed by atoms with Gasteiger partial charge in [0.1, 0.15) is 5.75 Å². The van der Waals surface area contributed by atoms with E-state index in [0.717, 1.165) is 62.7 Å². The molecule has 1 aliphatic heterocycles. The van der Waals surface area contributed by atoms with E-state index in [2.05, 4.69) is 42.7 Å². The number of nitrogens with one attached hydrogen (secondary N) is 2. The van der Waals surface area contributed by atoms with E-state index in [4.69, 9.17) is 9.73 Å². The first-order chi connectivity index (χ1) is 13.6. The molecule has 1 aliphatic rings. The summed E-state index contributed by atoms with van der Waals surface area (Å²) in [5, 5.41) is 6.67. The number of hydrogen-bond acceptors (Lipinski definition) is 3. The zero-order chi connectivity index (χ0) is 20.2. The highest BCUT2D eigenvalue weighted by Crippen LogP contribution is 2.21. The van der Waals surface area contributed by atoms with Crippen LogP contribution in [0.15, 0.2) is 23.2 Å². The molecule has 0 radical (unpaired) electrons. The van der Waals surface area contributed by atoms with E-state index in [9.17, 15) is 4.79 Å². The molecular formula is C22H37IN4O2. The molecule has 2 N–H and O–H groups in total. The van der Waals surface area contributed by atoms with Crippen molar-refractivity contribution in [3.8, 4) is 5.75 Å². The third kappa shape index (κ3) is 9.23. The van der Waals surface area contributed by atoms with Gasteiger partial charge in [0.15, 0.2) is 5.96 Å². The summed E-state index contributed by atoms with van der Waals surface area (Å²) in [6.07, 6.45) is 4.96. The number of halogens is 1. The summed E-state index contributed by atoms with van der Waals surface area (Å²) >= 11 is 0. The van der Waals surface area contributed by atoms with E-state index in [1.54, 1.807) is 0 Å². The highest BCUT2D eigenvalue weighted by molar-refractivity contribution is 14.0. The molecule has 0 atom stereocenters. The van der Waals surface area contributed by atoms with Gasteiger partial charge in [0.25, 0.3) is 0 Å². The van der Waals surface area contributed by atoms with Crippen LogP contribution in [-0.4, -0.2) is 49.6 Å². The van der Waals surface area contributed by atoms with Gasteiger partial charge in [-0.1, -0.05) is 18.6 Å². The summed E-state index contributed by atoms with van der Waals surface area (Å²) in [6, 6.07) is 6.23. The highest BCUT2D eigenvalue weighted by atomic mass is 127. The van der Waals surface area contributed by atoms with Gasteiger partial charge in [-0.05, 0) is 51.7 Å². The van der Waals surface area contributed by atoms with E-state index in [1.165, 1.54) is 12.0 Å². The second-order valence-corrected chi connectivity index (χ2v) is 7.21. The van der Waals surface area contributed by atoms with Crippen LogP contribution < -0.4 is 15.4 Å². The lowest BCUT2D eigenvalue weighted by molar-refractivity contribution is -0.130. The topological polar surface area (TPSA) is 66.0 Å². The van der Waals surface area contributed by atoms with Gasteiger partial charge in [0.2, 0.25) is 5.91 Å². The monoisotopic (exact) mass is 516 g/mol. The van der Waals surface area contributed by atoms with E-state index >= 15 is 0 Å². The molecule has 1 saturated heterocycles. The molecule has 0 unspecified atom stereocenters. The fraction of sp³-hybridized carbons (Fsp3) is 0.636. The zero-order valence-corrected chi connectivity index (χ0v) is 20.5. The largest absolute Gasteiger partial charge is 0.494 e. The Labute approximate surface area is 192 Å². The minimum absolute atomic E-state index is 0. The molecule has 0 aliphatic carbocycles. The number of rotatable bonds is 9. The quantitative estimate of drug-likeness (QED) is 0.227. The number of hydrogen-bond donors (Lipinski definition) is 2. The van der Waals surface area contributed by atoms with Crippen LogP contribution in [0.4, 0.5) is 0 Å². The molecule has 29 heavy (non-hydrogen) atoms. The molecule has 1 fully saturated rings. The number of aryl methyl sites for hydroxylation is 1. The van der Waals surface area contributed by atoms with Gasteiger partial charge in [-0.3, -0.25) is 4.79 Å². The molecule has 0 spiro atoms. The van der Waals surface area contributed by atoms with Crippen molar-refractivity contribution in [2.24, 2.45) is 4.99 Å². The first-order valence-electron chi connectivity index (χ1n) is 10.7. The van der Waals surface area contributed by atoms with Crippen LogP contribution in [0.1, 0.15) is 57.1 Å². The number of ether oxygens (including phenoxy) is 1. The van der Waals surface area contributed by atoms with Gasteiger partial charge in [-0.25, -0.2) is 4.99 Å². The number of benzene rings is 1. The van der Waals surface area contributed by atoms with Gasteiger partial charge in [0.05, 0.1) is 13.2 Å². The van der Waals surface area contributed by atoms with E-state index in [0.29, 0.717) is 25.5 Å². The van der Waals surface area contributed by atoms with Crippen LogP contribution in [0.3, 0.4) is 0 Å². The van der Waals surface area contributed by atoms with Gasteiger partial charge in [0, 0.05) is 38.2 Å². The van der Waals surface area contributed by atoms with Crippen LogP contribution in [0, 0.1) is 6.92 Å². The molecule has 1 heterocycles. The van der Waals surface area contributed by atoms with Crippen molar-refractivity contribution in [1.82, 2.24) is 15.5 Å². The van der Waals surface area contributed by atoms with Crippen LogP contribution in [0.25, 0.3) is 0 Å². The SMILES string of the molecule is CCNC(=NCc1ccc(C)cc1OCC)NCCCN1CCCCCC1=O.I. The van der Waals surface area contributed by atoms with Crippen molar-refractivity contribution >= 4 is 35.8 Å². The smallest absolute Gasteiger partial charge is 0.222 e. The first kappa shape index (κ1) is 25.5. The number of nitrogens with zero attached hydrogens (tertiary/aromatic N) is 2. The molecule has 0 saturated carbocycles. The van der Waals surface area contributed by atoms with Crippen molar-refractivity contribution in [3.63, 3.8) is 0 Å². The lowest BCUT2D eigenvalue weighted by atomic mass is 10.1. The van der Waals surface area contributed by atoms with Crippen LogP contribution in [0.5, 0.6) is 5.75 Å². The molecular weight excluding hydrogens is 479 g/mol. The summed E-state index contributed by atoms with van der Waals surface area (Å²) in [5.41, 5.74) is 2.27. The average molecular weight is 516 g/mol. The third-order valence-corrected chi connectivity index (χ3v) is 4.84. The van der Waals surface area contributed by atoms with Crippen LogP contribution in [0.2, 0.25) is 0 Å². The summed E-state index contributed by atoms with van der Waals surface area (Å²) in [4.78, 5) is 18.8. The molecule has 0 bridgehead atoms. The molecule has 1 aromatic carbocycles. The molecule has 0 aromatic heterocycles. The maximum atomic E-state index is 12.1. The Morgan fingerprint density at radius 3 is 2.79 bits per heavy atom. The maximum absolute atomic E-state index is 12.1. The molecule has 164 valence electrons. The fourth-order valence-corrected chi connectivity index (χ4v) is 3.34. The van der Waals surface area contributed by atoms with E-state index < -0.39 is 0 Å². The Hall–Kier alpha value is -1.51. The Balaban J connectivity index is 0.00000420. The zero-order valence-electron chi connectivity index (χ0n) is 18.1. The van der Waals surface area contributed by atoms with Crippen molar-refractivity contribution in [2.45, 2.75) is 59.4 Å². The Morgan fingerprint density at radius 2 is 2.03 bits per heavy atom. The second-order valence-electron chi connectivity index (χ2n) is 7.21. The number of carbonyl (C=O) groups is 1. The lowest BCUT2D eigenvalue weighted by Crippen LogP contribution is -2.39. The van der Waals surface area contributed by atoms with E-state index in [1.807, 2.05) is 11.8 Å². The van der Waals surface area contributed by atoms with Crippen molar-refractivity contribution in [1.29, 1.82) is 0 Å². The fourth-order valence-electron chi connectivity index (χ4n) is 3.34. The molecule has 1 amide bonds. The highest BCUT2D eigenvalue weighted by Gasteiger charge is 2.15. The predicted octanol–water partition coefficient (Wildman–Crippen LogP) is 3.86. The number of likely N-dealkylation sites (tertiary alicyclic amines) is 1. The standard InChI is InChI=1S/C22H36N4O2.HI/c1-4-23-22(24-13-9-15-26-14-8-6-7-10-21(26)27)25-17-19-12-11-18(3)16-20(19)28-5-2;/h11-12,16H,4-10,13-15,17H2,1-3H3,(H2,23,24,25);1H. The Kier molecular flexibility index (Phi) is 12.7. The number of guanidine groups is 1. The van der Waals surface area contributed by atoms with Crippen molar-refractivity contribution < 1.29 is 9.53 Å². The van der Waals surface area contributed by atoms with Gasteiger partial charge < -0.3 is 20.3 Å². The predicted molar refractivity (Wildman–Crippen MR) is 130 cm³/mol. The maximum Gasteiger partial charge on any atom is 0.222 e. The van der Waals surface area contributed by atoms with Crippen molar-refractivity contribution in [3.05, 3.63) is 29.3 Å². The van der Waals surface area contributed by atoms with Gasteiger partial charge in [-0.15, -0.1) is 24.0 Å². The second kappa shape index (κ2) is 14.5. The minimum atomic E-state index is 0. The Bertz CT molecular complexity index is 652. The summed E-state index contributed by atoms with van der Waals surface area (Å²) in [5.74, 6) is 2.01. The number of amides is 1. The number of aliphatic imine (C=N–C) groups is 1. The number of carbonyl (C=O) groups excluding carboxylic acids is 1. The summed E-state index contributed by atoms with van der Waals surface area (Å²) in [7, 11) is 0. The van der Waals surface area contributed by atoms with E-state index in [-0.39, 0.29) is 24.0 Å². The average Bonchev–Trinajstić information content (AvgIpc) is 2.88. The minimum Gasteiger partial charge on any atom is -0.494 e. The molecule has 6 nitrogen and oxygen atoms in total.